The average Bonchev–Trinajstić information content (AvgIpc) is 3.58. The molecule has 1 atom stereocenters. The highest BCUT2D eigenvalue weighted by molar-refractivity contribution is 5.98. The molecule has 2 aromatic carbocycles. The standard InChI is InChI=1S/C23H20F3N7O2/c24-23(25,26)17-4-5-20(21(14-17)33-29-8-9-30-33)22(34)31-10-11-35-15-19(31)13-16-2-1-3-18(12-16)32-27-6-7-28-32/h1-9,12,14,19H,10-11,13,15H2. The fourth-order valence-corrected chi connectivity index (χ4v) is 4.07. The predicted octanol–water partition coefficient (Wildman–Crippen LogP) is 2.95. The van der Waals surface area contributed by atoms with Crippen LogP contribution >= 0.6 is 0 Å². The first-order chi connectivity index (χ1) is 16.9. The van der Waals surface area contributed by atoms with Crippen molar-refractivity contribution in [1.29, 1.82) is 0 Å². The minimum Gasteiger partial charge on any atom is -0.377 e. The fraction of sp³-hybridized carbons (Fsp3) is 0.261. The molecule has 0 aliphatic carbocycles. The second-order valence-corrected chi connectivity index (χ2v) is 7.97. The molecular weight excluding hydrogens is 463 g/mol. The summed E-state index contributed by atoms with van der Waals surface area (Å²) in [5, 5.41) is 16.2. The van der Waals surface area contributed by atoms with Crippen molar-refractivity contribution >= 4 is 5.91 Å². The van der Waals surface area contributed by atoms with E-state index in [0.717, 1.165) is 28.2 Å². The van der Waals surface area contributed by atoms with Crippen molar-refractivity contribution in [3.63, 3.8) is 0 Å². The Balaban J connectivity index is 1.45. The number of carbonyl (C=O) groups is 1. The van der Waals surface area contributed by atoms with Crippen molar-refractivity contribution in [2.24, 2.45) is 0 Å². The highest BCUT2D eigenvalue weighted by Gasteiger charge is 2.34. The van der Waals surface area contributed by atoms with Crippen molar-refractivity contribution in [2.45, 2.75) is 18.6 Å². The Hall–Kier alpha value is -4.06. The maximum Gasteiger partial charge on any atom is 0.416 e. The topological polar surface area (TPSA) is 91.0 Å². The van der Waals surface area contributed by atoms with Crippen LogP contribution in [0.5, 0.6) is 0 Å². The number of ether oxygens (including phenoxy) is 1. The third kappa shape index (κ3) is 4.78. The van der Waals surface area contributed by atoms with E-state index < -0.39 is 17.6 Å². The van der Waals surface area contributed by atoms with E-state index in [1.54, 1.807) is 17.3 Å². The maximum atomic E-state index is 13.6. The van der Waals surface area contributed by atoms with E-state index in [9.17, 15) is 18.0 Å². The normalized spacial score (nSPS) is 16.4. The van der Waals surface area contributed by atoms with E-state index in [1.165, 1.54) is 23.3 Å². The second-order valence-electron chi connectivity index (χ2n) is 7.97. The molecule has 12 heteroatoms. The van der Waals surface area contributed by atoms with Crippen LogP contribution in [0.15, 0.2) is 67.3 Å². The lowest BCUT2D eigenvalue weighted by Gasteiger charge is -2.36. The minimum absolute atomic E-state index is 0.0354. The van der Waals surface area contributed by atoms with Crippen LogP contribution < -0.4 is 0 Å². The zero-order chi connectivity index (χ0) is 24.4. The highest BCUT2D eigenvalue weighted by atomic mass is 19.4. The van der Waals surface area contributed by atoms with Crippen LogP contribution in [0.3, 0.4) is 0 Å². The molecule has 1 amide bonds. The SMILES string of the molecule is O=C(c1ccc(C(F)(F)F)cc1-n1nccn1)N1CCOCC1Cc1cccc(-n2nccn2)c1. The summed E-state index contributed by atoms with van der Waals surface area (Å²) >= 11 is 0. The summed E-state index contributed by atoms with van der Waals surface area (Å²) in [4.78, 5) is 17.8. The summed E-state index contributed by atoms with van der Waals surface area (Å²) in [7, 11) is 0. The summed E-state index contributed by atoms with van der Waals surface area (Å²) in [5.41, 5.74) is 0.873. The fourth-order valence-electron chi connectivity index (χ4n) is 4.07. The number of alkyl halides is 3. The van der Waals surface area contributed by atoms with Gasteiger partial charge in [-0.15, -0.1) is 0 Å². The van der Waals surface area contributed by atoms with Gasteiger partial charge in [0, 0.05) is 6.54 Å². The molecule has 0 bridgehead atoms. The van der Waals surface area contributed by atoms with Crippen LogP contribution in [-0.2, 0) is 17.3 Å². The lowest BCUT2D eigenvalue weighted by molar-refractivity contribution is -0.137. The Bertz CT molecular complexity index is 1310. The molecule has 1 saturated heterocycles. The molecular formula is C23H20F3N7O2. The first kappa shape index (κ1) is 22.7. The second kappa shape index (κ2) is 9.29. The van der Waals surface area contributed by atoms with E-state index in [1.807, 2.05) is 24.3 Å². The van der Waals surface area contributed by atoms with E-state index in [-0.39, 0.29) is 17.3 Å². The van der Waals surface area contributed by atoms with Gasteiger partial charge in [-0.25, -0.2) is 0 Å². The molecule has 1 fully saturated rings. The molecule has 0 radical (unpaired) electrons. The number of benzene rings is 2. The first-order valence-corrected chi connectivity index (χ1v) is 10.8. The Morgan fingerprint density at radius 2 is 1.69 bits per heavy atom. The molecule has 2 aromatic heterocycles. The van der Waals surface area contributed by atoms with E-state index in [2.05, 4.69) is 20.4 Å². The smallest absolute Gasteiger partial charge is 0.377 e. The van der Waals surface area contributed by atoms with Crippen molar-refractivity contribution in [3.8, 4) is 11.4 Å². The van der Waals surface area contributed by atoms with Gasteiger partial charge in [0.25, 0.3) is 5.91 Å². The number of nitrogens with zero attached hydrogens (tertiary/aromatic N) is 7. The first-order valence-electron chi connectivity index (χ1n) is 10.8. The van der Waals surface area contributed by atoms with Crippen LogP contribution in [0.1, 0.15) is 21.5 Å². The summed E-state index contributed by atoms with van der Waals surface area (Å²) in [5.74, 6) is -0.413. The van der Waals surface area contributed by atoms with Crippen LogP contribution in [0, 0.1) is 0 Å². The van der Waals surface area contributed by atoms with E-state index in [0.29, 0.717) is 26.2 Å². The zero-order valence-corrected chi connectivity index (χ0v) is 18.3. The zero-order valence-electron chi connectivity index (χ0n) is 18.3. The van der Waals surface area contributed by atoms with Gasteiger partial charge in [-0.1, -0.05) is 12.1 Å². The molecule has 5 rings (SSSR count). The molecule has 1 aliphatic heterocycles. The molecule has 180 valence electrons. The lowest BCUT2D eigenvalue weighted by atomic mass is 10.0. The number of morpholine rings is 1. The molecule has 0 saturated carbocycles. The monoisotopic (exact) mass is 483 g/mol. The summed E-state index contributed by atoms with van der Waals surface area (Å²) < 4.78 is 45.7. The Morgan fingerprint density at radius 3 is 2.40 bits per heavy atom. The predicted molar refractivity (Wildman–Crippen MR) is 117 cm³/mol. The van der Waals surface area contributed by atoms with Crippen LogP contribution in [0.2, 0.25) is 0 Å². The molecule has 9 nitrogen and oxygen atoms in total. The van der Waals surface area contributed by atoms with E-state index >= 15 is 0 Å². The number of hydrogen-bond donors (Lipinski definition) is 0. The van der Waals surface area contributed by atoms with Gasteiger partial charge in [-0.05, 0) is 42.3 Å². The van der Waals surface area contributed by atoms with Gasteiger partial charge in [-0.3, -0.25) is 4.79 Å². The number of halogens is 3. The Labute approximate surface area is 197 Å². The summed E-state index contributed by atoms with van der Waals surface area (Å²) in [6, 6.07) is 10.3. The molecule has 0 spiro atoms. The van der Waals surface area contributed by atoms with Crippen molar-refractivity contribution in [1.82, 2.24) is 34.9 Å². The number of amides is 1. The quantitative estimate of drug-likeness (QED) is 0.434. The van der Waals surface area contributed by atoms with Gasteiger partial charge in [0.15, 0.2) is 0 Å². The van der Waals surface area contributed by atoms with E-state index in [4.69, 9.17) is 4.74 Å². The summed E-state index contributed by atoms with van der Waals surface area (Å²) in [6.45, 7) is 0.929. The molecule has 3 heterocycles. The van der Waals surface area contributed by atoms with Gasteiger partial charge in [-0.2, -0.15) is 43.2 Å². The van der Waals surface area contributed by atoms with Crippen LogP contribution in [0.4, 0.5) is 13.2 Å². The van der Waals surface area contributed by atoms with Crippen molar-refractivity contribution in [2.75, 3.05) is 19.8 Å². The maximum absolute atomic E-state index is 13.6. The van der Waals surface area contributed by atoms with Crippen LogP contribution in [-0.4, -0.2) is 66.6 Å². The van der Waals surface area contributed by atoms with Gasteiger partial charge < -0.3 is 9.64 Å². The highest BCUT2D eigenvalue weighted by Crippen LogP contribution is 2.32. The average molecular weight is 483 g/mol. The Morgan fingerprint density at radius 1 is 0.971 bits per heavy atom. The van der Waals surface area contributed by atoms with Crippen molar-refractivity contribution in [3.05, 3.63) is 83.9 Å². The number of aromatic nitrogens is 6. The molecule has 1 aliphatic rings. The number of carbonyl (C=O) groups excluding carboxylic acids is 1. The van der Waals surface area contributed by atoms with Gasteiger partial charge in [0.05, 0.1) is 66.5 Å². The molecule has 35 heavy (non-hydrogen) atoms. The number of rotatable bonds is 5. The van der Waals surface area contributed by atoms with Gasteiger partial charge >= 0.3 is 6.18 Å². The third-order valence-electron chi connectivity index (χ3n) is 5.71. The molecule has 1 unspecified atom stereocenters. The number of hydrogen-bond acceptors (Lipinski definition) is 6. The third-order valence-corrected chi connectivity index (χ3v) is 5.71. The molecule has 0 N–H and O–H groups in total. The van der Waals surface area contributed by atoms with Gasteiger partial charge in [0.2, 0.25) is 0 Å². The largest absolute Gasteiger partial charge is 0.416 e. The minimum atomic E-state index is -4.57. The molecule has 4 aromatic rings. The Kier molecular flexibility index (Phi) is 6.03. The van der Waals surface area contributed by atoms with Gasteiger partial charge in [0.1, 0.15) is 0 Å². The van der Waals surface area contributed by atoms with Crippen molar-refractivity contribution < 1.29 is 22.7 Å². The van der Waals surface area contributed by atoms with Crippen LogP contribution in [0.25, 0.3) is 11.4 Å². The lowest BCUT2D eigenvalue weighted by Crippen LogP contribution is -2.50. The summed E-state index contributed by atoms with van der Waals surface area (Å²) in [6.07, 6.45) is 1.76.